The first-order valence-corrected chi connectivity index (χ1v) is 5.37. The van der Waals surface area contributed by atoms with Crippen LogP contribution in [0.15, 0.2) is 30.3 Å². The Labute approximate surface area is 98.4 Å². The molecule has 1 aliphatic carbocycles. The first kappa shape index (κ1) is 11.4. The molecule has 0 aliphatic heterocycles. The zero-order valence-corrected chi connectivity index (χ0v) is 9.18. The molecule has 0 bridgehead atoms. The fraction of sp³-hybridized carbons (Fsp3) is 0.333. The highest BCUT2D eigenvalue weighted by Gasteiger charge is 2.52. The topological polar surface area (TPSA) is 75.6 Å². The van der Waals surface area contributed by atoms with Crippen molar-refractivity contribution >= 4 is 11.9 Å². The zero-order chi connectivity index (χ0) is 12.3. The van der Waals surface area contributed by atoms with Gasteiger partial charge in [0.25, 0.3) is 5.91 Å². The Morgan fingerprint density at radius 2 is 1.94 bits per heavy atom. The van der Waals surface area contributed by atoms with Crippen molar-refractivity contribution in [1.29, 1.82) is 0 Å². The lowest BCUT2D eigenvalue weighted by Gasteiger charge is -2.16. The minimum absolute atomic E-state index is 0.358. The van der Waals surface area contributed by atoms with Crippen LogP contribution >= 0.6 is 0 Å². The van der Waals surface area contributed by atoms with Gasteiger partial charge in [0.15, 0.2) is 5.60 Å². The van der Waals surface area contributed by atoms with Crippen molar-refractivity contribution in [3.05, 3.63) is 30.3 Å². The number of carbonyl (C=O) groups is 2. The van der Waals surface area contributed by atoms with Crippen molar-refractivity contribution in [3.8, 4) is 5.75 Å². The van der Waals surface area contributed by atoms with Crippen molar-refractivity contribution < 1.29 is 19.4 Å². The van der Waals surface area contributed by atoms with Gasteiger partial charge in [-0.3, -0.25) is 9.59 Å². The second kappa shape index (κ2) is 4.45. The van der Waals surface area contributed by atoms with E-state index >= 15 is 0 Å². The standard InChI is InChI=1S/C12H13NO4/c14-10(15)8-13-11(16)12(6-7-12)17-9-4-2-1-3-5-9/h1-5H,6-8H2,(H,13,16)(H,14,15). The fourth-order valence-corrected chi connectivity index (χ4v) is 1.52. The number of para-hydroxylation sites is 1. The summed E-state index contributed by atoms with van der Waals surface area (Å²) >= 11 is 0. The lowest BCUT2D eigenvalue weighted by atomic mass is 10.3. The van der Waals surface area contributed by atoms with Crippen LogP contribution in [0, 0.1) is 0 Å². The van der Waals surface area contributed by atoms with Crippen molar-refractivity contribution in [1.82, 2.24) is 5.32 Å². The van der Waals surface area contributed by atoms with E-state index < -0.39 is 11.6 Å². The van der Waals surface area contributed by atoms with Gasteiger partial charge < -0.3 is 15.2 Å². The van der Waals surface area contributed by atoms with Gasteiger partial charge in [-0.05, 0) is 12.1 Å². The van der Waals surface area contributed by atoms with Gasteiger partial charge in [-0.25, -0.2) is 0 Å². The second-order valence-corrected chi connectivity index (χ2v) is 3.99. The van der Waals surface area contributed by atoms with Gasteiger partial charge in [0.2, 0.25) is 0 Å². The zero-order valence-electron chi connectivity index (χ0n) is 9.18. The molecule has 1 saturated carbocycles. The SMILES string of the molecule is O=C(O)CNC(=O)C1(Oc2ccccc2)CC1. The second-order valence-electron chi connectivity index (χ2n) is 3.99. The molecule has 1 aromatic carbocycles. The van der Waals surface area contributed by atoms with E-state index in [0.717, 1.165) is 0 Å². The maximum atomic E-state index is 11.7. The molecule has 0 atom stereocenters. The van der Waals surface area contributed by atoms with Gasteiger partial charge >= 0.3 is 5.97 Å². The smallest absolute Gasteiger partial charge is 0.322 e. The third-order valence-corrected chi connectivity index (χ3v) is 2.57. The Morgan fingerprint density at radius 1 is 1.29 bits per heavy atom. The third-order valence-electron chi connectivity index (χ3n) is 2.57. The van der Waals surface area contributed by atoms with Crippen LogP contribution in [-0.2, 0) is 9.59 Å². The molecule has 1 fully saturated rings. The number of carbonyl (C=O) groups excluding carboxylic acids is 1. The third kappa shape index (κ3) is 2.75. The summed E-state index contributed by atoms with van der Waals surface area (Å²) in [4.78, 5) is 22.1. The van der Waals surface area contributed by atoms with E-state index in [4.69, 9.17) is 9.84 Å². The molecule has 5 nitrogen and oxygen atoms in total. The molecular weight excluding hydrogens is 222 g/mol. The summed E-state index contributed by atoms with van der Waals surface area (Å²) in [6.07, 6.45) is 1.24. The number of nitrogens with one attached hydrogen (secondary N) is 1. The van der Waals surface area contributed by atoms with Crippen LogP contribution in [0.2, 0.25) is 0 Å². The molecule has 0 radical (unpaired) electrons. The van der Waals surface area contributed by atoms with Gasteiger partial charge in [0.05, 0.1) is 0 Å². The Kier molecular flexibility index (Phi) is 2.99. The van der Waals surface area contributed by atoms with Crippen molar-refractivity contribution in [3.63, 3.8) is 0 Å². The van der Waals surface area contributed by atoms with Gasteiger partial charge in [-0.2, -0.15) is 0 Å². The van der Waals surface area contributed by atoms with E-state index in [9.17, 15) is 9.59 Å². The number of aliphatic carboxylic acids is 1. The molecule has 17 heavy (non-hydrogen) atoms. The molecule has 0 unspecified atom stereocenters. The van der Waals surface area contributed by atoms with Gasteiger partial charge in [0, 0.05) is 12.8 Å². The van der Waals surface area contributed by atoms with Crippen LogP contribution in [-0.4, -0.2) is 29.1 Å². The Bertz CT molecular complexity index is 425. The number of benzene rings is 1. The monoisotopic (exact) mass is 235 g/mol. The van der Waals surface area contributed by atoms with E-state index in [-0.39, 0.29) is 12.5 Å². The van der Waals surface area contributed by atoms with Crippen molar-refractivity contribution in [2.45, 2.75) is 18.4 Å². The normalized spacial score (nSPS) is 16.0. The fourth-order valence-electron chi connectivity index (χ4n) is 1.52. The molecule has 1 aromatic rings. The Morgan fingerprint density at radius 3 is 2.47 bits per heavy atom. The summed E-state index contributed by atoms with van der Waals surface area (Å²) in [5.74, 6) is -0.798. The van der Waals surface area contributed by atoms with Crippen LogP contribution in [0.25, 0.3) is 0 Å². The average Bonchev–Trinajstić information content (AvgIpc) is 3.08. The van der Waals surface area contributed by atoms with E-state index in [0.29, 0.717) is 18.6 Å². The summed E-state index contributed by atoms with van der Waals surface area (Å²) in [7, 11) is 0. The highest BCUT2D eigenvalue weighted by atomic mass is 16.5. The first-order valence-electron chi connectivity index (χ1n) is 5.37. The van der Waals surface area contributed by atoms with E-state index in [2.05, 4.69) is 5.32 Å². The number of hydrogen-bond acceptors (Lipinski definition) is 3. The molecular formula is C12H13NO4. The molecule has 1 aliphatic rings. The largest absolute Gasteiger partial charge is 0.480 e. The van der Waals surface area contributed by atoms with Crippen LogP contribution in [0.5, 0.6) is 5.75 Å². The minimum Gasteiger partial charge on any atom is -0.480 e. The summed E-state index contributed by atoms with van der Waals surface area (Å²) in [5, 5.41) is 10.8. The quantitative estimate of drug-likeness (QED) is 0.791. The van der Waals surface area contributed by atoms with Crippen LogP contribution in [0.4, 0.5) is 0 Å². The molecule has 5 heteroatoms. The first-order chi connectivity index (χ1) is 8.12. The van der Waals surface area contributed by atoms with E-state index in [1.807, 2.05) is 18.2 Å². The summed E-state index contributed by atoms with van der Waals surface area (Å²) in [5.41, 5.74) is -0.864. The molecule has 1 amide bonds. The van der Waals surface area contributed by atoms with Gasteiger partial charge in [-0.15, -0.1) is 0 Å². The maximum Gasteiger partial charge on any atom is 0.322 e. The molecule has 0 spiro atoms. The molecule has 0 saturated heterocycles. The highest BCUT2D eigenvalue weighted by molar-refractivity contribution is 5.90. The summed E-state index contributed by atoms with van der Waals surface area (Å²) in [6, 6.07) is 9.03. The molecule has 0 aromatic heterocycles. The summed E-state index contributed by atoms with van der Waals surface area (Å²) < 4.78 is 5.60. The predicted molar refractivity (Wildman–Crippen MR) is 59.7 cm³/mol. The molecule has 0 heterocycles. The average molecular weight is 235 g/mol. The Balaban J connectivity index is 1.95. The predicted octanol–water partition coefficient (Wildman–Crippen LogP) is 0.799. The van der Waals surface area contributed by atoms with Crippen molar-refractivity contribution in [2.75, 3.05) is 6.54 Å². The number of carboxylic acid groups (broad SMARTS) is 1. The number of carboxylic acids is 1. The number of hydrogen-bond donors (Lipinski definition) is 2. The molecule has 2 rings (SSSR count). The van der Waals surface area contributed by atoms with Crippen LogP contribution < -0.4 is 10.1 Å². The van der Waals surface area contributed by atoms with Crippen LogP contribution in [0.3, 0.4) is 0 Å². The van der Waals surface area contributed by atoms with Crippen LogP contribution in [0.1, 0.15) is 12.8 Å². The van der Waals surface area contributed by atoms with Gasteiger partial charge in [0.1, 0.15) is 12.3 Å². The lowest BCUT2D eigenvalue weighted by molar-refractivity contribution is -0.139. The molecule has 2 N–H and O–H groups in total. The van der Waals surface area contributed by atoms with E-state index in [1.165, 1.54) is 0 Å². The highest BCUT2D eigenvalue weighted by Crippen LogP contribution is 2.40. The lowest BCUT2D eigenvalue weighted by Crippen LogP contribution is -2.42. The maximum absolute atomic E-state index is 11.7. The van der Waals surface area contributed by atoms with Crippen molar-refractivity contribution in [2.24, 2.45) is 0 Å². The van der Waals surface area contributed by atoms with E-state index in [1.54, 1.807) is 12.1 Å². The summed E-state index contributed by atoms with van der Waals surface area (Å²) in [6.45, 7) is -0.376. The number of rotatable bonds is 5. The number of ether oxygens (including phenoxy) is 1. The van der Waals surface area contributed by atoms with Gasteiger partial charge in [-0.1, -0.05) is 18.2 Å². The Hall–Kier alpha value is -2.04. The number of amides is 1. The minimum atomic E-state index is -1.06. The molecule has 90 valence electrons.